The number of carbonyl (C=O) groups excluding carboxylic acids is 1. The molecule has 33 heavy (non-hydrogen) atoms. The summed E-state index contributed by atoms with van der Waals surface area (Å²) in [6, 6.07) is 11.8. The molecule has 176 valence electrons. The molecular formula is C25H31ClN4O2S. The SMILES string of the molecule is CCc1cccc(CC)c1NC(=O)CSc1nnc(CCCOc2ccc(Cl)cc2C)n1C. The van der Waals surface area contributed by atoms with Crippen LogP contribution in [0.25, 0.3) is 0 Å². The van der Waals surface area contributed by atoms with Crippen molar-refractivity contribution < 1.29 is 9.53 Å². The van der Waals surface area contributed by atoms with Crippen LogP contribution in [0.2, 0.25) is 5.02 Å². The van der Waals surface area contributed by atoms with Crippen molar-refractivity contribution in [2.75, 3.05) is 17.7 Å². The van der Waals surface area contributed by atoms with Gasteiger partial charge in [-0.15, -0.1) is 10.2 Å². The number of ether oxygens (including phenoxy) is 1. The Hall–Kier alpha value is -2.51. The molecule has 8 heteroatoms. The number of aryl methyl sites for hydroxylation is 4. The average Bonchev–Trinajstić information content (AvgIpc) is 3.15. The van der Waals surface area contributed by atoms with Gasteiger partial charge in [-0.1, -0.05) is 55.4 Å². The van der Waals surface area contributed by atoms with Crippen molar-refractivity contribution in [3.63, 3.8) is 0 Å². The number of halogens is 1. The van der Waals surface area contributed by atoms with Crippen LogP contribution in [0.15, 0.2) is 41.6 Å². The van der Waals surface area contributed by atoms with E-state index in [0.717, 1.165) is 64.8 Å². The monoisotopic (exact) mass is 486 g/mol. The molecule has 0 unspecified atom stereocenters. The molecule has 0 fully saturated rings. The summed E-state index contributed by atoms with van der Waals surface area (Å²) in [6.07, 6.45) is 3.31. The van der Waals surface area contributed by atoms with Crippen molar-refractivity contribution in [2.45, 2.75) is 51.6 Å². The van der Waals surface area contributed by atoms with E-state index in [1.165, 1.54) is 11.8 Å². The van der Waals surface area contributed by atoms with Crippen molar-refractivity contribution in [3.05, 3.63) is 63.9 Å². The Morgan fingerprint density at radius 2 is 1.88 bits per heavy atom. The minimum Gasteiger partial charge on any atom is -0.493 e. The Labute approximate surface area is 205 Å². The lowest BCUT2D eigenvalue weighted by molar-refractivity contribution is -0.113. The Morgan fingerprint density at radius 3 is 2.55 bits per heavy atom. The Bertz CT molecular complexity index is 1080. The summed E-state index contributed by atoms with van der Waals surface area (Å²) in [5.74, 6) is 1.97. The van der Waals surface area contributed by atoms with Gasteiger partial charge >= 0.3 is 0 Å². The second kappa shape index (κ2) is 12.1. The standard InChI is InChI=1S/C25H31ClN4O2S/c1-5-18-9-7-10-19(6-2)24(18)27-23(31)16-33-25-29-28-22(30(25)4)11-8-14-32-21-13-12-20(26)15-17(21)3/h7,9-10,12-13,15H,5-6,8,11,14,16H2,1-4H3,(H,27,31). The number of thioether (sulfide) groups is 1. The number of nitrogens with one attached hydrogen (secondary N) is 1. The third-order valence-electron chi connectivity index (χ3n) is 5.46. The van der Waals surface area contributed by atoms with E-state index in [1.54, 1.807) is 0 Å². The number of hydrogen-bond donors (Lipinski definition) is 1. The molecule has 0 aliphatic rings. The normalized spacial score (nSPS) is 10.9. The number of amides is 1. The Kier molecular flexibility index (Phi) is 9.21. The van der Waals surface area contributed by atoms with Crippen LogP contribution in [0.4, 0.5) is 5.69 Å². The maximum atomic E-state index is 12.6. The van der Waals surface area contributed by atoms with Gasteiger partial charge in [0.05, 0.1) is 12.4 Å². The lowest BCUT2D eigenvalue weighted by Gasteiger charge is -2.14. The predicted octanol–water partition coefficient (Wildman–Crippen LogP) is 5.64. The minimum atomic E-state index is -0.0353. The first-order valence-corrected chi connectivity index (χ1v) is 12.6. The maximum Gasteiger partial charge on any atom is 0.234 e. The fraction of sp³-hybridized carbons (Fsp3) is 0.400. The van der Waals surface area contributed by atoms with Crippen LogP contribution >= 0.6 is 23.4 Å². The molecule has 1 heterocycles. The molecule has 0 saturated heterocycles. The molecule has 6 nitrogen and oxygen atoms in total. The highest BCUT2D eigenvalue weighted by Crippen LogP contribution is 2.24. The van der Waals surface area contributed by atoms with Gasteiger partial charge in [-0.05, 0) is 61.1 Å². The van der Waals surface area contributed by atoms with Gasteiger partial charge in [-0.2, -0.15) is 0 Å². The highest BCUT2D eigenvalue weighted by Gasteiger charge is 2.14. The summed E-state index contributed by atoms with van der Waals surface area (Å²) in [6.45, 7) is 6.76. The van der Waals surface area contributed by atoms with E-state index in [-0.39, 0.29) is 11.7 Å². The Balaban J connectivity index is 1.49. The minimum absolute atomic E-state index is 0.0353. The predicted molar refractivity (Wildman–Crippen MR) is 136 cm³/mol. The van der Waals surface area contributed by atoms with Crippen molar-refractivity contribution in [3.8, 4) is 5.75 Å². The van der Waals surface area contributed by atoms with E-state index in [1.807, 2.05) is 42.8 Å². The molecule has 0 aliphatic heterocycles. The molecule has 0 atom stereocenters. The first kappa shape index (κ1) is 25.1. The summed E-state index contributed by atoms with van der Waals surface area (Å²) in [5, 5.41) is 13.1. The lowest BCUT2D eigenvalue weighted by Crippen LogP contribution is -2.17. The van der Waals surface area contributed by atoms with Crippen molar-refractivity contribution >= 4 is 35.0 Å². The van der Waals surface area contributed by atoms with E-state index in [4.69, 9.17) is 16.3 Å². The van der Waals surface area contributed by atoms with Gasteiger partial charge in [0.15, 0.2) is 5.16 Å². The third-order valence-corrected chi connectivity index (χ3v) is 6.72. The van der Waals surface area contributed by atoms with Crippen LogP contribution in [-0.2, 0) is 31.1 Å². The van der Waals surface area contributed by atoms with Gasteiger partial charge in [-0.25, -0.2) is 0 Å². The number of para-hydroxylation sites is 1. The van der Waals surface area contributed by atoms with Crippen LogP contribution in [0.3, 0.4) is 0 Å². The summed E-state index contributed by atoms with van der Waals surface area (Å²) >= 11 is 7.39. The highest BCUT2D eigenvalue weighted by molar-refractivity contribution is 7.99. The molecule has 2 aromatic carbocycles. The van der Waals surface area contributed by atoms with Crippen molar-refractivity contribution in [1.29, 1.82) is 0 Å². The largest absolute Gasteiger partial charge is 0.493 e. The van der Waals surface area contributed by atoms with Crippen molar-refractivity contribution in [1.82, 2.24) is 14.8 Å². The molecule has 1 amide bonds. The van der Waals surface area contributed by atoms with E-state index >= 15 is 0 Å². The number of benzene rings is 2. The number of nitrogens with zero attached hydrogens (tertiary/aromatic N) is 3. The van der Waals surface area contributed by atoms with Gasteiger partial charge < -0.3 is 14.6 Å². The first-order valence-electron chi connectivity index (χ1n) is 11.2. The zero-order chi connectivity index (χ0) is 23.8. The van der Waals surface area contributed by atoms with Gasteiger partial charge in [0.25, 0.3) is 0 Å². The van der Waals surface area contributed by atoms with Crippen LogP contribution in [0, 0.1) is 6.92 Å². The number of hydrogen-bond acceptors (Lipinski definition) is 5. The zero-order valence-corrected chi connectivity index (χ0v) is 21.2. The molecule has 1 N–H and O–H groups in total. The van der Waals surface area contributed by atoms with Gasteiger partial charge in [0.2, 0.25) is 5.91 Å². The zero-order valence-electron chi connectivity index (χ0n) is 19.7. The number of aromatic nitrogens is 3. The number of rotatable bonds is 11. The Morgan fingerprint density at radius 1 is 1.15 bits per heavy atom. The lowest BCUT2D eigenvalue weighted by atomic mass is 10.0. The molecular weight excluding hydrogens is 456 g/mol. The van der Waals surface area contributed by atoms with Crippen LogP contribution < -0.4 is 10.1 Å². The van der Waals surface area contributed by atoms with E-state index < -0.39 is 0 Å². The molecule has 0 spiro atoms. The molecule has 0 saturated carbocycles. The number of carbonyl (C=O) groups is 1. The van der Waals surface area contributed by atoms with E-state index in [2.05, 4.69) is 41.5 Å². The molecule has 0 bridgehead atoms. The fourth-order valence-corrected chi connectivity index (χ4v) is 4.54. The second-order valence-corrected chi connectivity index (χ2v) is 9.19. The molecule has 0 aliphatic carbocycles. The van der Waals surface area contributed by atoms with Gasteiger partial charge in [-0.3, -0.25) is 4.79 Å². The quantitative estimate of drug-likeness (QED) is 0.280. The summed E-state index contributed by atoms with van der Waals surface area (Å²) in [4.78, 5) is 12.6. The smallest absolute Gasteiger partial charge is 0.234 e. The van der Waals surface area contributed by atoms with Crippen LogP contribution in [0.5, 0.6) is 5.75 Å². The van der Waals surface area contributed by atoms with Crippen molar-refractivity contribution in [2.24, 2.45) is 7.05 Å². The van der Waals surface area contributed by atoms with Gasteiger partial charge in [0.1, 0.15) is 11.6 Å². The number of anilines is 1. The average molecular weight is 487 g/mol. The van der Waals surface area contributed by atoms with E-state index in [9.17, 15) is 4.79 Å². The van der Waals surface area contributed by atoms with Gasteiger partial charge in [0, 0.05) is 24.2 Å². The summed E-state index contributed by atoms with van der Waals surface area (Å²) in [7, 11) is 1.93. The maximum absolute atomic E-state index is 12.6. The second-order valence-electron chi connectivity index (χ2n) is 7.81. The van der Waals surface area contributed by atoms with E-state index in [0.29, 0.717) is 11.6 Å². The molecule has 3 rings (SSSR count). The summed E-state index contributed by atoms with van der Waals surface area (Å²) in [5.41, 5.74) is 4.28. The van der Waals surface area contributed by atoms with Crippen LogP contribution in [0.1, 0.15) is 42.8 Å². The topological polar surface area (TPSA) is 69.0 Å². The molecule has 3 aromatic rings. The summed E-state index contributed by atoms with van der Waals surface area (Å²) < 4.78 is 7.81. The van der Waals surface area contributed by atoms with Crippen LogP contribution in [-0.4, -0.2) is 33.0 Å². The third kappa shape index (κ3) is 6.74. The molecule has 1 aromatic heterocycles. The molecule has 0 radical (unpaired) electrons. The first-order chi connectivity index (χ1) is 15.9. The highest BCUT2D eigenvalue weighted by atomic mass is 35.5. The fourth-order valence-electron chi connectivity index (χ4n) is 3.58.